The molecule has 0 aliphatic carbocycles. The Bertz CT molecular complexity index is 858. The number of phenolic OH excluding ortho intramolecular Hbond substituents is 1. The monoisotopic (exact) mass is 330 g/mol. The Labute approximate surface area is 137 Å². The van der Waals surface area contributed by atoms with Crippen molar-refractivity contribution in [3.05, 3.63) is 35.9 Å². The summed E-state index contributed by atoms with van der Waals surface area (Å²) in [4.78, 5) is 13.1. The van der Waals surface area contributed by atoms with Gasteiger partial charge in [0.15, 0.2) is 5.65 Å². The molecular formula is C16H15ClN4O2. The predicted octanol–water partition coefficient (Wildman–Crippen LogP) is 3.55. The van der Waals surface area contributed by atoms with Gasteiger partial charge in [0.05, 0.1) is 6.33 Å². The van der Waals surface area contributed by atoms with Crippen LogP contribution in [0.5, 0.6) is 5.75 Å². The summed E-state index contributed by atoms with van der Waals surface area (Å²) in [6, 6.07) is 6.86. The number of benzene rings is 1. The minimum atomic E-state index is -0.0725. The van der Waals surface area contributed by atoms with Crippen molar-refractivity contribution in [1.82, 2.24) is 19.5 Å². The Hall–Kier alpha value is -2.18. The zero-order valence-electron chi connectivity index (χ0n) is 12.3. The van der Waals surface area contributed by atoms with Gasteiger partial charge in [-0.3, -0.25) is 4.57 Å². The van der Waals surface area contributed by atoms with Crippen LogP contribution in [0.4, 0.5) is 0 Å². The summed E-state index contributed by atoms with van der Waals surface area (Å²) in [7, 11) is 0. The molecule has 1 aliphatic rings. The molecule has 2 aromatic heterocycles. The average molecular weight is 331 g/mol. The van der Waals surface area contributed by atoms with Gasteiger partial charge in [0.25, 0.3) is 0 Å². The number of phenols is 1. The number of ether oxygens (including phenoxy) is 1. The van der Waals surface area contributed by atoms with E-state index in [2.05, 4.69) is 15.0 Å². The molecule has 1 aliphatic heterocycles. The number of halogens is 1. The van der Waals surface area contributed by atoms with E-state index in [-0.39, 0.29) is 17.3 Å². The van der Waals surface area contributed by atoms with Crippen LogP contribution in [0, 0.1) is 0 Å². The van der Waals surface area contributed by atoms with Gasteiger partial charge in [-0.05, 0) is 43.0 Å². The Kier molecular flexibility index (Phi) is 3.63. The van der Waals surface area contributed by atoms with Crippen LogP contribution in [0.3, 0.4) is 0 Å². The van der Waals surface area contributed by atoms with Gasteiger partial charge in [0.1, 0.15) is 23.2 Å². The number of nitrogens with zero attached hydrogens (tertiary/aromatic N) is 4. The number of rotatable bonds is 2. The van der Waals surface area contributed by atoms with Crippen LogP contribution < -0.4 is 0 Å². The summed E-state index contributed by atoms with van der Waals surface area (Å²) in [5.41, 5.74) is 2.64. The molecule has 3 aromatic rings. The van der Waals surface area contributed by atoms with Gasteiger partial charge in [-0.25, -0.2) is 9.97 Å². The first-order valence-electron chi connectivity index (χ1n) is 7.53. The standard InChI is InChI=1S/C16H15ClN4O2/c17-16-19-13(10-4-3-5-11(22)8-10)14-15(20-16)21(9-18-14)12-6-1-2-7-23-12/h3-5,8-9,12,22H,1-2,6-7H2. The minimum Gasteiger partial charge on any atom is -0.508 e. The summed E-state index contributed by atoms with van der Waals surface area (Å²) in [5.74, 6) is 0.167. The van der Waals surface area contributed by atoms with Crippen LogP contribution >= 0.6 is 11.6 Å². The highest BCUT2D eigenvalue weighted by Crippen LogP contribution is 2.31. The molecular weight excluding hydrogens is 316 g/mol. The zero-order valence-corrected chi connectivity index (χ0v) is 13.1. The zero-order chi connectivity index (χ0) is 15.8. The molecule has 4 rings (SSSR count). The molecule has 0 bridgehead atoms. The maximum Gasteiger partial charge on any atom is 0.225 e. The van der Waals surface area contributed by atoms with Crippen molar-refractivity contribution in [3.8, 4) is 17.0 Å². The van der Waals surface area contributed by atoms with E-state index in [4.69, 9.17) is 16.3 Å². The molecule has 1 N–H and O–H groups in total. The van der Waals surface area contributed by atoms with Crippen molar-refractivity contribution in [2.24, 2.45) is 0 Å². The van der Waals surface area contributed by atoms with Crippen molar-refractivity contribution >= 4 is 22.8 Å². The number of fused-ring (bicyclic) bond motifs is 1. The van der Waals surface area contributed by atoms with Gasteiger partial charge < -0.3 is 9.84 Å². The molecule has 1 fully saturated rings. The number of aromatic hydroxyl groups is 1. The smallest absolute Gasteiger partial charge is 0.225 e. The van der Waals surface area contributed by atoms with Crippen molar-refractivity contribution in [2.45, 2.75) is 25.5 Å². The third-order valence-electron chi connectivity index (χ3n) is 3.98. The summed E-state index contributed by atoms with van der Waals surface area (Å²) in [5, 5.41) is 9.85. The Balaban J connectivity index is 1.88. The largest absolute Gasteiger partial charge is 0.508 e. The average Bonchev–Trinajstić information content (AvgIpc) is 2.98. The van der Waals surface area contributed by atoms with Crippen molar-refractivity contribution in [2.75, 3.05) is 6.61 Å². The van der Waals surface area contributed by atoms with Crippen LogP contribution in [-0.2, 0) is 4.74 Å². The van der Waals surface area contributed by atoms with E-state index in [0.717, 1.165) is 31.4 Å². The number of hydrogen-bond acceptors (Lipinski definition) is 5. The molecule has 3 heterocycles. The molecule has 0 spiro atoms. The Morgan fingerprint density at radius 1 is 1.26 bits per heavy atom. The Morgan fingerprint density at radius 3 is 2.96 bits per heavy atom. The van der Waals surface area contributed by atoms with Gasteiger partial charge >= 0.3 is 0 Å². The van der Waals surface area contributed by atoms with Crippen molar-refractivity contribution in [3.63, 3.8) is 0 Å². The molecule has 7 heteroatoms. The fourth-order valence-electron chi connectivity index (χ4n) is 2.90. The number of hydrogen-bond donors (Lipinski definition) is 1. The van der Waals surface area contributed by atoms with Crippen LogP contribution in [-0.4, -0.2) is 31.2 Å². The van der Waals surface area contributed by atoms with Gasteiger partial charge in [-0.15, -0.1) is 0 Å². The maximum absolute atomic E-state index is 9.70. The highest BCUT2D eigenvalue weighted by atomic mass is 35.5. The highest BCUT2D eigenvalue weighted by Gasteiger charge is 2.21. The summed E-state index contributed by atoms with van der Waals surface area (Å²) in [6.45, 7) is 0.739. The third-order valence-corrected chi connectivity index (χ3v) is 4.15. The summed E-state index contributed by atoms with van der Waals surface area (Å²) in [6.07, 6.45) is 4.76. The fraction of sp³-hybridized carbons (Fsp3) is 0.312. The van der Waals surface area contributed by atoms with Crippen LogP contribution in [0.25, 0.3) is 22.4 Å². The second-order valence-corrected chi connectivity index (χ2v) is 5.87. The molecule has 23 heavy (non-hydrogen) atoms. The summed E-state index contributed by atoms with van der Waals surface area (Å²) >= 11 is 6.11. The first kappa shape index (κ1) is 14.4. The van der Waals surface area contributed by atoms with E-state index in [0.29, 0.717) is 16.9 Å². The van der Waals surface area contributed by atoms with E-state index in [9.17, 15) is 5.11 Å². The third kappa shape index (κ3) is 2.64. The maximum atomic E-state index is 9.70. The van der Waals surface area contributed by atoms with E-state index < -0.39 is 0 Å². The number of aromatic nitrogens is 4. The van der Waals surface area contributed by atoms with Crippen molar-refractivity contribution < 1.29 is 9.84 Å². The van der Waals surface area contributed by atoms with Gasteiger partial charge in [-0.2, -0.15) is 4.98 Å². The fourth-order valence-corrected chi connectivity index (χ4v) is 3.06. The van der Waals surface area contributed by atoms with Crippen LogP contribution in [0.15, 0.2) is 30.6 Å². The first-order valence-corrected chi connectivity index (χ1v) is 7.91. The highest BCUT2D eigenvalue weighted by molar-refractivity contribution is 6.28. The second-order valence-electron chi connectivity index (χ2n) is 5.54. The second kappa shape index (κ2) is 5.79. The Morgan fingerprint density at radius 2 is 2.17 bits per heavy atom. The summed E-state index contributed by atoms with van der Waals surface area (Å²) < 4.78 is 7.73. The predicted molar refractivity (Wildman–Crippen MR) is 86.3 cm³/mol. The van der Waals surface area contributed by atoms with Crippen LogP contribution in [0.1, 0.15) is 25.5 Å². The lowest BCUT2D eigenvalue weighted by molar-refractivity contribution is -0.0298. The van der Waals surface area contributed by atoms with E-state index in [1.54, 1.807) is 24.5 Å². The molecule has 1 atom stereocenters. The molecule has 1 saturated heterocycles. The molecule has 6 nitrogen and oxygen atoms in total. The quantitative estimate of drug-likeness (QED) is 0.727. The van der Waals surface area contributed by atoms with E-state index in [1.807, 2.05) is 10.6 Å². The van der Waals surface area contributed by atoms with Gasteiger partial charge in [0.2, 0.25) is 5.28 Å². The normalized spacial score (nSPS) is 18.4. The number of imidazole rings is 1. The topological polar surface area (TPSA) is 73.1 Å². The van der Waals surface area contributed by atoms with E-state index in [1.165, 1.54) is 0 Å². The lowest BCUT2D eigenvalue weighted by Gasteiger charge is -2.23. The van der Waals surface area contributed by atoms with E-state index >= 15 is 0 Å². The molecule has 1 unspecified atom stereocenters. The lowest BCUT2D eigenvalue weighted by Crippen LogP contribution is -2.17. The lowest BCUT2D eigenvalue weighted by atomic mass is 10.1. The molecule has 0 saturated carbocycles. The SMILES string of the molecule is Oc1cccc(-c2nc(Cl)nc3c2ncn3C2CCCCO2)c1. The van der Waals surface area contributed by atoms with Crippen LogP contribution in [0.2, 0.25) is 5.28 Å². The molecule has 0 amide bonds. The van der Waals surface area contributed by atoms with Crippen molar-refractivity contribution in [1.29, 1.82) is 0 Å². The van der Waals surface area contributed by atoms with Gasteiger partial charge in [-0.1, -0.05) is 12.1 Å². The first-order chi connectivity index (χ1) is 11.2. The molecule has 118 valence electrons. The van der Waals surface area contributed by atoms with Gasteiger partial charge in [0, 0.05) is 12.2 Å². The molecule has 1 aromatic carbocycles. The minimum absolute atomic E-state index is 0.0725. The molecule has 0 radical (unpaired) electrons.